The van der Waals surface area contributed by atoms with Crippen LogP contribution in [-0.4, -0.2) is 63.6 Å². The van der Waals surface area contributed by atoms with Gasteiger partial charge in [-0.15, -0.1) is 0 Å². The summed E-state index contributed by atoms with van der Waals surface area (Å²) in [5.74, 6) is 9.57. The SMILES string of the molecule is COC(=O)[C@H](Cc1ccccc1)NC(=O)OCCC#CC#CCCOC(=O)N[C@@H](Cc1ccccc1)C(=O)OC. The second-order valence-electron chi connectivity index (χ2n) is 8.20. The van der Waals surface area contributed by atoms with Gasteiger partial charge in [-0.3, -0.25) is 0 Å². The summed E-state index contributed by atoms with van der Waals surface area (Å²) >= 11 is 0. The van der Waals surface area contributed by atoms with E-state index in [0.29, 0.717) is 0 Å². The first-order chi connectivity index (χ1) is 19.4. The van der Waals surface area contributed by atoms with Gasteiger partial charge in [0.25, 0.3) is 0 Å². The summed E-state index contributed by atoms with van der Waals surface area (Å²) in [4.78, 5) is 48.1. The van der Waals surface area contributed by atoms with Crippen LogP contribution in [0.5, 0.6) is 0 Å². The molecule has 2 N–H and O–H groups in total. The highest BCUT2D eigenvalue weighted by molar-refractivity contribution is 5.82. The minimum Gasteiger partial charge on any atom is -0.467 e. The molecule has 0 radical (unpaired) electrons. The molecule has 0 aromatic heterocycles. The zero-order valence-corrected chi connectivity index (χ0v) is 22.4. The first-order valence-corrected chi connectivity index (χ1v) is 12.5. The van der Waals surface area contributed by atoms with Crippen molar-refractivity contribution in [3.05, 3.63) is 71.8 Å². The standard InChI is InChI=1S/C30H32N2O8/c1-37-27(33)25(21-23-15-9-7-10-16-23)31-29(35)39-19-13-5-3-4-6-14-20-40-30(36)32-26(28(34)38-2)22-24-17-11-8-12-18-24/h7-12,15-18,25-26H,13-14,19-22H2,1-2H3,(H,31,35)(H,32,36)/t25-,26-/m0/s1. The quantitative estimate of drug-likeness (QED) is 0.179. The fourth-order valence-corrected chi connectivity index (χ4v) is 3.34. The zero-order valence-electron chi connectivity index (χ0n) is 22.4. The Morgan fingerprint density at radius 3 is 1.38 bits per heavy atom. The van der Waals surface area contributed by atoms with Crippen LogP contribution in [0.15, 0.2) is 60.7 Å². The van der Waals surface area contributed by atoms with Crippen molar-refractivity contribution < 1.29 is 38.1 Å². The largest absolute Gasteiger partial charge is 0.467 e. The van der Waals surface area contributed by atoms with E-state index in [4.69, 9.17) is 18.9 Å². The molecule has 10 nitrogen and oxygen atoms in total. The highest BCUT2D eigenvalue weighted by Crippen LogP contribution is 2.06. The summed E-state index contributed by atoms with van der Waals surface area (Å²) in [5.41, 5.74) is 1.73. The Morgan fingerprint density at radius 2 is 1.02 bits per heavy atom. The van der Waals surface area contributed by atoms with Crippen molar-refractivity contribution in [1.29, 1.82) is 0 Å². The number of nitrogens with one attached hydrogen (secondary N) is 2. The maximum atomic E-state index is 12.0. The fraction of sp³-hybridized carbons (Fsp3) is 0.333. The van der Waals surface area contributed by atoms with Crippen LogP contribution in [0.2, 0.25) is 0 Å². The topological polar surface area (TPSA) is 129 Å². The molecule has 0 bridgehead atoms. The molecule has 2 aromatic rings. The fourth-order valence-electron chi connectivity index (χ4n) is 3.34. The molecule has 0 saturated heterocycles. The Balaban J connectivity index is 1.65. The zero-order chi connectivity index (χ0) is 29.0. The molecule has 0 aliphatic carbocycles. The minimum absolute atomic E-state index is 0.00731. The summed E-state index contributed by atoms with van der Waals surface area (Å²) < 4.78 is 19.6. The van der Waals surface area contributed by atoms with Gasteiger partial charge in [-0.25, -0.2) is 19.2 Å². The van der Waals surface area contributed by atoms with Gasteiger partial charge in [0, 0.05) is 25.7 Å². The van der Waals surface area contributed by atoms with Crippen LogP contribution in [0.25, 0.3) is 0 Å². The molecule has 40 heavy (non-hydrogen) atoms. The third-order valence-electron chi connectivity index (χ3n) is 5.28. The van der Waals surface area contributed by atoms with E-state index in [-0.39, 0.29) is 38.9 Å². The molecule has 2 amide bonds. The van der Waals surface area contributed by atoms with E-state index in [1.54, 1.807) is 0 Å². The molecular weight excluding hydrogens is 516 g/mol. The summed E-state index contributed by atoms with van der Waals surface area (Å²) in [6.07, 6.45) is -0.510. The number of benzene rings is 2. The third-order valence-corrected chi connectivity index (χ3v) is 5.28. The van der Waals surface area contributed by atoms with E-state index in [0.717, 1.165) is 11.1 Å². The third kappa shape index (κ3) is 12.5. The number of esters is 2. The smallest absolute Gasteiger partial charge is 0.407 e. The Hall–Kier alpha value is -4.96. The van der Waals surface area contributed by atoms with Crippen molar-refractivity contribution in [1.82, 2.24) is 10.6 Å². The van der Waals surface area contributed by atoms with Crippen molar-refractivity contribution >= 4 is 24.1 Å². The first kappa shape index (κ1) is 31.3. The predicted molar refractivity (Wildman–Crippen MR) is 146 cm³/mol. The number of hydrogen-bond acceptors (Lipinski definition) is 8. The lowest BCUT2D eigenvalue weighted by molar-refractivity contribution is -0.143. The summed E-state index contributed by atoms with van der Waals surface area (Å²) in [6.45, 7) is 0.0146. The van der Waals surface area contributed by atoms with Crippen LogP contribution in [0.4, 0.5) is 9.59 Å². The predicted octanol–water partition coefficient (Wildman–Crippen LogP) is 2.79. The summed E-state index contributed by atoms with van der Waals surface area (Å²) in [5, 5.41) is 5.00. The maximum absolute atomic E-state index is 12.0. The normalized spacial score (nSPS) is 11.2. The molecule has 0 saturated carbocycles. The summed E-state index contributed by atoms with van der Waals surface area (Å²) in [7, 11) is 2.50. The van der Waals surface area contributed by atoms with Crippen LogP contribution < -0.4 is 10.6 Å². The number of methoxy groups -OCH3 is 2. The lowest BCUT2D eigenvalue weighted by atomic mass is 10.1. The van der Waals surface area contributed by atoms with Gasteiger partial charge in [0.1, 0.15) is 25.3 Å². The highest BCUT2D eigenvalue weighted by Gasteiger charge is 2.23. The van der Waals surface area contributed by atoms with Gasteiger partial charge in [0.2, 0.25) is 0 Å². The van der Waals surface area contributed by atoms with Crippen LogP contribution in [0.3, 0.4) is 0 Å². The Kier molecular flexibility index (Phi) is 14.3. The number of amides is 2. The van der Waals surface area contributed by atoms with Crippen molar-refractivity contribution in [2.75, 3.05) is 27.4 Å². The van der Waals surface area contributed by atoms with Crippen LogP contribution in [0.1, 0.15) is 24.0 Å². The van der Waals surface area contributed by atoms with Crippen LogP contribution in [0, 0.1) is 23.7 Å². The number of rotatable bonds is 12. The number of carbonyl (C=O) groups is 4. The Labute approximate surface area is 233 Å². The van der Waals surface area contributed by atoms with E-state index in [1.807, 2.05) is 60.7 Å². The lowest BCUT2D eigenvalue weighted by Crippen LogP contribution is -2.43. The molecule has 210 valence electrons. The van der Waals surface area contributed by atoms with Gasteiger partial charge in [-0.2, -0.15) is 0 Å². The number of ether oxygens (including phenoxy) is 4. The second kappa shape index (κ2) is 18.3. The Morgan fingerprint density at radius 1 is 0.650 bits per heavy atom. The molecule has 0 unspecified atom stereocenters. The molecule has 0 aliphatic heterocycles. The van der Waals surface area contributed by atoms with Crippen molar-refractivity contribution in [3.8, 4) is 23.7 Å². The van der Waals surface area contributed by atoms with E-state index in [1.165, 1.54) is 14.2 Å². The molecule has 10 heteroatoms. The minimum atomic E-state index is -0.878. The van der Waals surface area contributed by atoms with E-state index in [9.17, 15) is 19.2 Å². The van der Waals surface area contributed by atoms with Gasteiger partial charge in [0.15, 0.2) is 0 Å². The van der Waals surface area contributed by atoms with E-state index < -0.39 is 36.2 Å². The molecule has 2 atom stereocenters. The number of carbonyl (C=O) groups excluding carboxylic acids is 4. The Bertz CT molecular complexity index is 1130. The van der Waals surface area contributed by atoms with Gasteiger partial charge < -0.3 is 29.6 Å². The molecule has 0 spiro atoms. The van der Waals surface area contributed by atoms with Crippen molar-refractivity contribution in [2.45, 2.75) is 37.8 Å². The average molecular weight is 549 g/mol. The second-order valence-corrected chi connectivity index (χ2v) is 8.20. The van der Waals surface area contributed by atoms with E-state index in [2.05, 4.69) is 34.3 Å². The molecule has 2 rings (SSSR count). The monoisotopic (exact) mass is 548 g/mol. The average Bonchev–Trinajstić information content (AvgIpc) is 2.97. The molecule has 0 fully saturated rings. The molecule has 0 heterocycles. The van der Waals surface area contributed by atoms with Crippen LogP contribution in [-0.2, 0) is 41.4 Å². The highest BCUT2D eigenvalue weighted by atomic mass is 16.6. The van der Waals surface area contributed by atoms with Crippen molar-refractivity contribution in [2.24, 2.45) is 0 Å². The maximum Gasteiger partial charge on any atom is 0.407 e. The van der Waals surface area contributed by atoms with Crippen LogP contribution >= 0.6 is 0 Å². The van der Waals surface area contributed by atoms with Gasteiger partial charge in [-0.1, -0.05) is 72.5 Å². The van der Waals surface area contributed by atoms with Crippen molar-refractivity contribution in [3.63, 3.8) is 0 Å². The lowest BCUT2D eigenvalue weighted by Gasteiger charge is -2.16. The van der Waals surface area contributed by atoms with Gasteiger partial charge in [-0.05, 0) is 23.0 Å². The van der Waals surface area contributed by atoms with E-state index >= 15 is 0 Å². The van der Waals surface area contributed by atoms with Gasteiger partial charge >= 0.3 is 24.1 Å². The van der Waals surface area contributed by atoms with Gasteiger partial charge in [0.05, 0.1) is 14.2 Å². The first-order valence-electron chi connectivity index (χ1n) is 12.5. The number of hydrogen-bond donors (Lipinski definition) is 2. The molecular formula is C30H32N2O8. The summed E-state index contributed by atoms with van der Waals surface area (Å²) in [6, 6.07) is 16.7. The number of alkyl carbamates (subject to hydrolysis) is 2. The molecule has 0 aliphatic rings. The molecule has 2 aromatic carbocycles.